The standard InChI is InChI=1S/C19H21N3O3/c23-17(15-4-1-8-20-12-15)21-9-3-6-19(13-21)7-10-22(14-19)18(24)16-5-2-11-25-16/h1-2,4-5,8,11-12H,3,6-7,9-10,13-14H2. The highest BCUT2D eigenvalue weighted by molar-refractivity contribution is 5.94. The van der Waals surface area contributed by atoms with E-state index < -0.39 is 0 Å². The van der Waals surface area contributed by atoms with Crippen molar-refractivity contribution >= 4 is 11.8 Å². The summed E-state index contributed by atoms with van der Waals surface area (Å²) < 4.78 is 5.24. The van der Waals surface area contributed by atoms with Gasteiger partial charge in [-0.2, -0.15) is 0 Å². The van der Waals surface area contributed by atoms with Crippen molar-refractivity contribution in [3.63, 3.8) is 0 Å². The third kappa shape index (κ3) is 3.04. The number of carbonyl (C=O) groups is 2. The molecule has 0 saturated carbocycles. The molecule has 130 valence electrons. The number of amides is 2. The SMILES string of the molecule is O=C(c1cccnc1)N1CCCC2(CCN(C(=O)c3ccco3)C2)C1. The molecule has 0 aliphatic carbocycles. The summed E-state index contributed by atoms with van der Waals surface area (Å²) in [6.07, 6.45) is 7.75. The molecule has 2 aliphatic rings. The van der Waals surface area contributed by atoms with Crippen molar-refractivity contribution in [2.75, 3.05) is 26.2 Å². The van der Waals surface area contributed by atoms with Gasteiger partial charge in [-0.3, -0.25) is 14.6 Å². The van der Waals surface area contributed by atoms with Gasteiger partial charge in [0, 0.05) is 44.0 Å². The maximum Gasteiger partial charge on any atom is 0.289 e. The molecular formula is C19H21N3O3. The first kappa shape index (κ1) is 15.9. The first-order valence-corrected chi connectivity index (χ1v) is 8.69. The normalized spacial score (nSPS) is 23.2. The number of carbonyl (C=O) groups excluding carboxylic acids is 2. The van der Waals surface area contributed by atoms with Crippen LogP contribution in [0.25, 0.3) is 0 Å². The highest BCUT2D eigenvalue weighted by atomic mass is 16.3. The zero-order valence-corrected chi connectivity index (χ0v) is 14.1. The molecule has 0 radical (unpaired) electrons. The fraction of sp³-hybridized carbons (Fsp3) is 0.421. The van der Waals surface area contributed by atoms with Gasteiger partial charge < -0.3 is 14.2 Å². The van der Waals surface area contributed by atoms with E-state index in [1.807, 2.05) is 9.80 Å². The number of nitrogens with zero attached hydrogens (tertiary/aromatic N) is 3. The van der Waals surface area contributed by atoms with Crippen molar-refractivity contribution in [1.82, 2.24) is 14.8 Å². The summed E-state index contributed by atoms with van der Waals surface area (Å²) in [4.78, 5) is 33.1. The van der Waals surface area contributed by atoms with Gasteiger partial charge in [0.15, 0.2) is 5.76 Å². The van der Waals surface area contributed by atoms with Gasteiger partial charge in [0.2, 0.25) is 0 Å². The van der Waals surface area contributed by atoms with E-state index in [-0.39, 0.29) is 17.2 Å². The molecule has 2 saturated heterocycles. The van der Waals surface area contributed by atoms with Crippen molar-refractivity contribution in [1.29, 1.82) is 0 Å². The van der Waals surface area contributed by atoms with Crippen LogP contribution in [0.2, 0.25) is 0 Å². The van der Waals surface area contributed by atoms with Crippen LogP contribution in [0.15, 0.2) is 47.3 Å². The Hall–Kier alpha value is -2.63. The largest absolute Gasteiger partial charge is 0.459 e. The van der Waals surface area contributed by atoms with Gasteiger partial charge in [0.1, 0.15) is 0 Å². The lowest BCUT2D eigenvalue weighted by Crippen LogP contribution is -2.47. The second-order valence-electron chi connectivity index (χ2n) is 7.03. The molecular weight excluding hydrogens is 318 g/mol. The molecule has 1 unspecified atom stereocenters. The van der Waals surface area contributed by atoms with Crippen LogP contribution in [-0.2, 0) is 0 Å². The van der Waals surface area contributed by atoms with Gasteiger partial charge >= 0.3 is 0 Å². The molecule has 6 heteroatoms. The van der Waals surface area contributed by atoms with Crippen molar-refractivity contribution in [3.05, 3.63) is 54.2 Å². The molecule has 0 aromatic carbocycles. The van der Waals surface area contributed by atoms with E-state index in [2.05, 4.69) is 4.98 Å². The Balaban J connectivity index is 1.46. The van der Waals surface area contributed by atoms with Crippen molar-refractivity contribution in [2.24, 2.45) is 5.41 Å². The highest BCUT2D eigenvalue weighted by Crippen LogP contribution is 2.39. The average molecular weight is 339 g/mol. The number of hydrogen-bond acceptors (Lipinski definition) is 4. The van der Waals surface area contributed by atoms with Crippen LogP contribution in [0, 0.1) is 5.41 Å². The zero-order valence-electron chi connectivity index (χ0n) is 14.1. The minimum Gasteiger partial charge on any atom is -0.459 e. The third-order valence-corrected chi connectivity index (χ3v) is 5.31. The van der Waals surface area contributed by atoms with Crippen molar-refractivity contribution in [2.45, 2.75) is 19.3 Å². The molecule has 2 amide bonds. The summed E-state index contributed by atoms with van der Waals surface area (Å²) in [6.45, 7) is 2.86. The van der Waals surface area contributed by atoms with Crippen LogP contribution >= 0.6 is 0 Å². The van der Waals surface area contributed by atoms with Gasteiger partial charge in [-0.25, -0.2) is 0 Å². The number of furan rings is 1. The maximum absolute atomic E-state index is 12.7. The van der Waals surface area contributed by atoms with Gasteiger partial charge in [-0.1, -0.05) is 0 Å². The Bertz CT molecular complexity index is 759. The molecule has 0 N–H and O–H groups in total. The Labute approximate surface area is 146 Å². The molecule has 4 rings (SSSR count). The van der Waals surface area contributed by atoms with Crippen molar-refractivity contribution < 1.29 is 14.0 Å². The van der Waals surface area contributed by atoms with Crippen LogP contribution in [0.4, 0.5) is 0 Å². The highest BCUT2D eigenvalue weighted by Gasteiger charge is 2.44. The summed E-state index contributed by atoms with van der Waals surface area (Å²) in [5.74, 6) is 0.358. The molecule has 1 spiro atoms. The van der Waals surface area contributed by atoms with E-state index in [4.69, 9.17) is 4.42 Å². The van der Waals surface area contributed by atoms with Crippen LogP contribution < -0.4 is 0 Å². The van der Waals surface area contributed by atoms with Gasteiger partial charge in [0.25, 0.3) is 11.8 Å². The number of hydrogen-bond donors (Lipinski definition) is 0. The van der Waals surface area contributed by atoms with E-state index in [1.54, 1.807) is 36.7 Å². The number of piperidine rings is 1. The molecule has 4 heterocycles. The van der Waals surface area contributed by atoms with E-state index >= 15 is 0 Å². The molecule has 25 heavy (non-hydrogen) atoms. The van der Waals surface area contributed by atoms with Crippen LogP contribution in [0.1, 0.15) is 40.2 Å². The second kappa shape index (κ2) is 6.35. The molecule has 0 bridgehead atoms. The summed E-state index contributed by atoms with van der Waals surface area (Å²) in [5, 5.41) is 0. The van der Waals surface area contributed by atoms with Crippen LogP contribution in [0.3, 0.4) is 0 Å². The van der Waals surface area contributed by atoms with Crippen LogP contribution in [-0.4, -0.2) is 52.8 Å². The summed E-state index contributed by atoms with van der Waals surface area (Å²) in [7, 11) is 0. The molecule has 6 nitrogen and oxygen atoms in total. The zero-order chi connectivity index (χ0) is 17.3. The van der Waals surface area contributed by atoms with Gasteiger partial charge in [0.05, 0.1) is 11.8 Å². The first-order chi connectivity index (χ1) is 12.2. The monoisotopic (exact) mass is 339 g/mol. The smallest absolute Gasteiger partial charge is 0.289 e. The Morgan fingerprint density at radius 1 is 1.04 bits per heavy atom. The number of rotatable bonds is 2. The number of pyridine rings is 1. The Morgan fingerprint density at radius 3 is 2.60 bits per heavy atom. The fourth-order valence-corrected chi connectivity index (χ4v) is 4.05. The van der Waals surface area contributed by atoms with Gasteiger partial charge in [-0.05, 0) is 43.5 Å². The fourth-order valence-electron chi connectivity index (χ4n) is 4.05. The van der Waals surface area contributed by atoms with E-state index in [0.29, 0.717) is 31.0 Å². The lowest BCUT2D eigenvalue weighted by atomic mass is 9.79. The minimum atomic E-state index is -0.0578. The molecule has 2 aromatic rings. The average Bonchev–Trinajstić information content (AvgIpc) is 3.32. The van der Waals surface area contributed by atoms with Gasteiger partial charge in [-0.15, -0.1) is 0 Å². The summed E-state index contributed by atoms with van der Waals surface area (Å²) in [5.41, 5.74) is 0.624. The predicted molar refractivity (Wildman–Crippen MR) is 91.0 cm³/mol. The Kier molecular flexibility index (Phi) is 4.03. The number of aromatic nitrogens is 1. The van der Waals surface area contributed by atoms with E-state index in [1.165, 1.54) is 6.26 Å². The Morgan fingerprint density at radius 2 is 1.88 bits per heavy atom. The molecule has 2 fully saturated rings. The van der Waals surface area contributed by atoms with Crippen LogP contribution in [0.5, 0.6) is 0 Å². The van der Waals surface area contributed by atoms with Crippen molar-refractivity contribution in [3.8, 4) is 0 Å². The lowest BCUT2D eigenvalue weighted by Gasteiger charge is -2.40. The third-order valence-electron chi connectivity index (χ3n) is 5.31. The first-order valence-electron chi connectivity index (χ1n) is 8.69. The maximum atomic E-state index is 12.7. The van der Waals surface area contributed by atoms with E-state index in [9.17, 15) is 9.59 Å². The minimum absolute atomic E-state index is 0.00162. The number of likely N-dealkylation sites (tertiary alicyclic amines) is 2. The topological polar surface area (TPSA) is 66.7 Å². The predicted octanol–water partition coefficient (Wildman–Crippen LogP) is 2.44. The lowest BCUT2D eigenvalue weighted by molar-refractivity contribution is 0.0511. The molecule has 2 aromatic heterocycles. The van der Waals surface area contributed by atoms with E-state index in [0.717, 1.165) is 25.8 Å². The quantitative estimate of drug-likeness (QED) is 0.843. The summed E-state index contributed by atoms with van der Waals surface area (Å²) in [6, 6.07) is 7.02. The second-order valence-corrected chi connectivity index (χ2v) is 7.03. The molecule has 2 aliphatic heterocycles. The summed E-state index contributed by atoms with van der Waals surface area (Å²) >= 11 is 0. The molecule has 1 atom stereocenters.